The smallest absolute Gasteiger partial charge is 0.304 e. The van der Waals surface area contributed by atoms with E-state index in [0.29, 0.717) is 35.8 Å². The fourth-order valence-electron chi connectivity index (χ4n) is 3.30. The van der Waals surface area contributed by atoms with E-state index in [1.165, 1.54) is 25.4 Å². The van der Waals surface area contributed by atoms with Crippen LogP contribution in [0.2, 0.25) is 0 Å². The molecule has 32 heavy (non-hydrogen) atoms. The number of carbonyl (C=O) groups is 1. The van der Waals surface area contributed by atoms with E-state index in [2.05, 4.69) is 20.3 Å². The number of hydrogen-bond acceptors (Lipinski definition) is 7. The number of ether oxygens (including phenoxy) is 2. The molecular formula is C22H21FN6O3. The fraction of sp³-hybridized carbons (Fsp3) is 0.182. The Morgan fingerprint density at radius 1 is 1.22 bits per heavy atom. The van der Waals surface area contributed by atoms with E-state index >= 15 is 0 Å². The number of nitrogens with two attached hydrogens (primary N) is 1. The van der Waals surface area contributed by atoms with Crippen LogP contribution in [0.3, 0.4) is 0 Å². The Hall–Kier alpha value is -4.21. The second-order valence-corrected chi connectivity index (χ2v) is 6.77. The van der Waals surface area contributed by atoms with E-state index in [1.807, 2.05) is 6.92 Å². The summed E-state index contributed by atoms with van der Waals surface area (Å²) in [5.41, 5.74) is 7.42. The van der Waals surface area contributed by atoms with Crippen molar-refractivity contribution in [1.29, 1.82) is 0 Å². The molecule has 0 aliphatic heterocycles. The van der Waals surface area contributed by atoms with Crippen LogP contribution < -0.4 is 20.5 Å². The van der Waals surface area contributed by atoms with Crippen LogP contribution in [0.25, 0.3) is 17.0 Å². The van der Waals surface area contributed by atoms with Crippen LogP contribution in [0.4, 0.5) is 10.2 Å². The van der Waals surface area contributed by atoms with Crippen LogP contribution in [0.5, 0.6) is 11.8 Å². The number of imidazole rings is 1. The Morgan fingerprint density at radius 2 is 2.03 bits per heavy atom. The topological polar surface area (TPSA) is 117 Å². The number of para-hydroxylation sites is 1. The van der Waals surface area contributed by atoms with Gasteiger partial charge in [0.15, 0.2) is 11.6 Å². The van der Waals surface area contributed by atoms with Crippen molar-refractivity contribution in [2.75, 3.05) is 19.0 Å². The number of benzene rings is 2. The standard InChI is InChI=1S/C22H21FN6O3/c1-3-32-17-12-26-21(28-20(17)25-11-13-6-4-7-14(23)10-13)29-16-9-5-8-15(19(24)30)18(16)27-22(29)31-2/h4-10,12H,3,11H2,1-2H3,(H2,24,30)(H,25,26,28). The summed E-state index contributed by atoms with van der Waals surface area (Å²) < 4.78 is 26.1. The second kappa shape index (κ2) is 8.88. The molecule has 2 aromatic carbocycles. The van der Waals surface area contributed by atoms with Crippen LogP contribution in [0.15, 0.2) is 48.7 Å². The predicted molar refractivity (Wildman–Crippen MR) is 117 cm³/mol. The number of amides is 1. The fourth-order valence-corrected chi connectivity index (χ4v) is 3.30. The molecule has 9 nitrogen and oxygen atoms in total. The van der Waals surface area contributed by atoms with Crippen molar-refractivity contribution in [3.05, 3.63) is 65.6 Å². The van der Waals surface area contributed by atoms with Gasteiger partial charge in [-0.3, -0.25) is 4.79 Å². The van der Waals surface area contributed by atoms with Gasteiger partial charge in [0.2, 0.25) is 5.95 Å². The molecule has 2 heterocycles. The van der Waals surface area contributed by atoms with Gasteiger partial charge in [-0.15, -0.1) is 0 Å². The van der Waals surface area contributed by atoms with Crippen molar-refractivity contribution in [3.63, 3.8) is 0 Å². The van der Waals surface area contributed by atoms with Crippen molar-refractivity contribution < 1.29 is 18.7 Å². The molecule has 0 saturated carbocycles. The molecule has 2 aromatic heterocycles. The number of rotatable bonds is 8. The minimum Gasteiger partial charge on any atom is -0.488 e. The van der Waals surface area contributed by atoms with Gasteiger partial charge in [0.05, 0.1) is 31.0 Å². The highest BCUT2D eigenvalue weighted by atomic mass is 19.1. The lowest BCUT2D eigenvalue weighted by Gasteiger charge is -2.13. The molecule has 0 saturated heterocycles. The Labute approximate surface area is 183 Å². The van der Waals surface area contributed by atoms with Gasteiger partial charge < -0.3 is 20.5 Å². The van der Waals surface area contributed by atoms with Crippen LogP contribution in [-0.4, -0.2) is 39.1 Å². The quantitative estimate of drug-likeness (QED) is 0.436. The summed E-state index contributed by atoms with van der Waals surface area (Å²) in [6.07, 6.45) is 1.53. The first-order valence-electron chi connectivity index (χ1n) is 9.85. The zero-order valence-corrected chi connectivity index (χ0v) is 17.5. The monoisotopic (exact) mass is 436 g/mol. The first kappa shape index (κ1) is 21.0. The molecule has 1 amide bonds. The van der Waals surface area contributed by atoms with Gasteiger partial charge in [-0.2, -0.15) is 9.97 Å². The summed E-state index contributed by atoms with van der Waals surface area (Å²) in [6, 6.07) is 11.5. The molecule has 3 N–H and O–H groups in total. The number of anilines is 1. The van der Waals surface area contributed by atoms with Crippen molar-refractivity contribution in [2.24, 2.45) is 5.73 Å². The van der Waals surface area contributed by atoms with Gasteiger partial charge in [0.1, 0.15) is 11.3 Å². The van der Waals surface area contributed by atoms with E-state index in [-0.39, 0.29) is 23.3 Å². The zero-order valence-electron chi connectivity index (χ0n) is 17.5. The average molecular weight is 436 g/mol. The number of primary amides is 1. The summed E-state index contributed by atoms with van der Waals surface area (Å²) in [7, 11) is 1.46. The maximum atomic E-state index is 13.5. The van der Waals surface area contributed by atoms with Gasteiger partial charge in [0.25, 0.3) is 5.91 Å². The molecule has 0 aliphatic rings. The van der Waals surface area contributed by atoms with Crippen molar-refractivity contribution in [1.82, 2.24) is 19.5 Å². The second-order valence-electron chi connectivity index (χ2n) is 6.77. The maximum absolute atomic E-state index is 13.5. The van der Waals surface area contributed by atoms with E-state index in [4.69, 9.17) is 15.2 Å². The zero-order chi connectivity index (χ0) is 22.7. The minimum absolute atomic E-state index is 0.189. The summed E-state index contributed by atoms with van der Waals surface area (Å²) in [4.78, 5) is 25.2. The molecule has 4 aromatic rings. The molecule has 164 valence electrons. The SMILES string of the molecule is CCOc1cnc(-n2c(OC)nc3c(C(N)=O)cccc32)nc1NCc1cccc(F)c1. The van der Waals surface area contributed by atoms with E-state index in [9.17, 15) is 9.18 Å². The van der Waals surface area contributed by atoms with Crippen LogP contribution in [0.1, 0.15) is 22.8 Å². The summed E-state index contributed by atoms with van der Waals surface area (Å²) in [5, 5.41) is 3.17. The van der Waals surface area contributed by atoms with E-state index in [1.54, 1.807) is 34.9 Å². The highest BCUT2D eigenvalue weighted by molar-refractivity contribution is 6.04. The number of nitrogens with one attached hydrogen (secondary N) is 1. The number of nitrogens with zero attached hydrogens (tertiary/aromatic N) is 4. The highest BCUT2D eigenvalue weighted by Crippen LogP contribution is 2.29. The number of halogens is 1. The third-order valence-corrected chi connectivity index (χ3v) is 4.69. The van der Waals surface area contributed by atoms with Gasteiger partial charge in [-0.05, 0) is 36.8 Å². The first-order valence-corrected chi connectivity index (χ1v) is 9.85. The summed E-state index contributed by atoms with van der Waals surface area (Å²) >= 11 is 0. The van der Waals surface area contributed by atoms with Crippen molar-refractivity contribution >= 4 is 22.8 Å². The van der Waals surface area contributed by atoms with Gasteiger partial charge >= 0.3 is 6.01 Å². The summed E-state index contributed by atoms with van der Waals surface area (Å²) in [6.45, 7) is 2.58. The maximum Gasteiger partial charge on any atom is 0.304 e. The highest BCUT2D eigenvalue weighted by Gasteiger charge is 2.20. The summed E-state index contributed by atoms with van der Waals surface area (Å²) in [5.74, 6) is 0.173. The van der Waals surface area contributed by atoms with Crippen LogP contribution >= 0.6 is 0 Å². The largest absolute Gasteiger partial charge is 0.488 e. The lowest BCUT2D eigenvalue weighted by molar-refractivity contribution is 0.100. The van der Waals surface area contributed by atoms with Crippen LogP contribution in [0, 0.1) is 5.82 Å². The molecule has 0 spiro atoms. The van der Waals surface area contributed by atoms with Gasteiger partial charge in [-0.25, -0.2) is 13.9 Å². The molecule has 4 rings (SSSR count). The van der Waals surface area contributed by atoms with Gasteiger partial charge in [-0.1, -0.05) is 18.2 Å². The van der Waals surface area contributed by atoms with E-state index < -0.39 is 5.91 Å². The van der Waals surface area contributed by atoms with E-state index in [0.717, 1.165) is 5.56 Å². The van der Waals surface area contributed by atoms with Gasteiger partial charge in [0, 0.05) is 6.54 Å². The predicted octanol–water partition coefficient (Wildman–Crippen LogP) is 3.07. The molecule has 0 fully saturated rings. The third-order valence-electron chi connectivity index (χ3n) is 4.69. The number of methoxy groups -OCH3 is 1. The molecule has 0 radical (unpaired) electrons. The third kappa shape index (κ3) is 4.02. The number of carbonyl (C=O) groups excluding carboxylic acids is 1. The number of hydrogen-bond donors (Lipinski definition) is 2. The Kier molecular flexibility index (Phi) is 5.84. The molecule has 0 atom stereocenters. The van der Waals surface area contributed by atoms with Crippen molar-refractivity contribution in [2.45, 2.75) is 13.5 Å². The lowest BCUT2D eigenvalue weighted by atomic mass is 10.2. The number of aromatic nitrogens is 4. The molecular weight excluding hydrogens is 415 g/mol. The van der Waals surface area contributed by atoms with Crippen LogP contribution in [-0.2, 0) is 6.54 Å². The average Bonchev–Trinajstić information content (AvgIpc) is 3.17. The molecule has 0 unspecified atom stereocenters. The lowest BCUT2D eigenvalue weighted by Crippen LogP contribution is -2.11. The molecule has 0 bridgehead atoms. The first-order chi connectivity index (χ1) is 15.5. The minimum atomic E-state index is -0.604. The Bertz CT molecular complexity index is 1290. The Morgan fingerprint density at radius 3 is 2.75 bits per heavy atom. The van der Waals surface area contributed by atoms with Crippen molar-refractivity contribution in [3.8, 4) is 17.7 Å². The normalized spacial score (nSPS) is 10.8. The number of fused-ring (bicyclic) bond motifs is 1. The molecule has 0 aliphatic carbocycles. The molecule has 10 heteroatoms. The Balaban J connectivity index is 1.79.